The van der Waals surface area contributed by atoms with Gasteiger partial charge in [0.05, 0.1) is 18.4 Å². The van der Waals surface area contributed by atoms with Crippen LogP contribution in [0.2, 0.25) is 0 Å². The molecular weight excluding hydrogens is 386 g/mol. The molecule has 0 spiro atoms. The zero-order valence-corrected chi connectivity index (χ0v) is 15.8. The number of hydrogen-bond donors (Lipinski definition) is 1. The summed E-state index contributed by atoms with van der Waals surface area (Å²) in [5.74, 6) is 0.856. The van der Waals surface area contributed by atoms with Crippen LogP contribution in [0.3, 0.4) is 0 Å². The molecule has 1 atom stereocenters. The third-order valence-electron chi connectivity index (χ3n) is 4.74. The molecule has 5 rings (SSSR count). The number of para-hydroxylation sites is 3. The van der Waals surface area contributed by atoms with Crippen molar-refractivity contribution >= 4 is 22.6 Å². The molecule has 30 heavy (non-hydrogen) atoms. The lowest BCUT2D eigenvalue weighted by atomic mass is 10.2. The van der Waals surface area contributed by atoms with E-state index in [1.165, 1.54) is 12.3 Å². The third kappa shape index (κ3) is 3.50. The van der Waals surface area contributed by atoms with E-state index in [0.717, 1.165) is 5.75 Å². The van der Waals surface area contributed by atoms with E-state index in [1.807, 2.05) is 30.3 Å². The smallest absolute Gasteiger partial charge is 0.349 e. The number of benzene rings is 2. The molecule has 1 N–H and O–H groups in total. The maximum absolute atomic E-state index is 12.6. The Bertz CT molecular complexity index is 1290. The number of nitrogens with one attached hydrogen (secondary N) is 1. The van der Waals surface area contributed by atoms with Gasteiger partial charge in [0.25, 0.3) is 5.91 Å². The van der Waals surface area contributed by atoms with Crippen molar-refractivity contribution in [3.8, 4) is 11.5 Å². The van der Waals surface area contributed by atoms with Crippen molar-refractivity contribution in [2.75, 3.05) is 11.9 Å². The number of carbonyl (C=O) groups is 1. The Hall–Kier alpha value is -4.07. The predicted octanol–water partition coefficient (Wildman–Crippen LogP) is 3.08. The van der Waals surface area contributed by atoms with E-state index in [2.05, 4.69) is 10.4 Å². The number of rotatable bonds is 4. The number of carbonyl (C=O) groups excluding carboxylic acids is 1. The highest BCUT2D eigenvalue weighted by Gasteiger charge is 2.21. The van der Waals surface area contributed by atoms with E-state index in [0.29, 0.717) is 35.6 Å². The molecule has 150 valence electrons. The second kappa shape index (κ2) is 7.40. The highest BCUT2D eigenvalue weighted by atomic mass is 16.6. The molecule has 1 aliphatic heterocycles. The minimum Gasteiger partial charge on any atom is -0.486 e. The van der Waals surface area contributed by atoms with E-state index in [-0.39, 0.29) is 11.7 Å². The molecule has 4 aromatic rings. The Morgan fingerprint density at radius 2 is 1.93 bits per heavy atom. The Labute approximate surface area is 170 Å². The van der Waals surface area contributed by atoms with Gasteiger partial charge in [0, 0.05) is 11.6 Å². The van der Waals surface area contributed by atoms with E-state index in [4.69, 9.17) is 13.9 Å². The zero-order valence-electron chi connectivity index (χ0n) is 15.8. The van der Waals surface area contributed by atoms with Crippen molar-refractivity contribution in [1.29, 1.82) is 0 Å². The fourth-order valence-electron chi connectivity index (χ4n) is 3.31. The topological polar surface area (TPSA) is 95.6 Å². The second-order valence-corrected chi connectivity index (χ2v) is 6.89. The molecule has 8 nitrogen and oxygen atoms in total. The molecule has 0 unspecified atom stereocenters. The Balaban J connectivity index is 1.28. The summed E-state index contributed by atoms with van der Waals surface area (Å²) >= 11 is 0. The normalized spacial score (nSPS) is 15.1. The highest BCUT2D eigenvalue weighted by molar-refractivity contribution is 6.05. The molecule has 0 fully saturated rings. The fraction of sp³-hybridized carbons (Fsp3) is 0.136. The maximum atomic E-state index is 12.6. The van der Waals surface area contributed by atoms with Gasteiger partial charge < -0.3 is 19.2 Å². The summed E-state index contributed by atoms with van der Waals surface area (Å²) < 4.78 is 18.5. The van der Waals surface area contributed by atoms with Gasteiger partial charge in [0.1, 0.15) is 17.8 Å². The van der Waals surface area contributed by atoms with Crippen LogP contribution >= 0.6 is 0 Å². The first-order chi connectivity index (χ1) is 14.7. The minimum absolute atomic E-state index is 0.0675. The SMILES string of the molecule is O=C(Nc1cnn(C[C@@H]2COc3ccccc3O2)c1)c1cc2ccccc2oc1=O. The number of hydrogen-bond acceptors (Lipinski definition) is 6. The van der Waals surface area contributed by atoms with Crippen molar-refractivity contribution < 1.29 is 18.7 Å². The molecule has 1 amide bonds. The van der Waals surface area contributed by atoms with Crippen LogP contribution < -0.4 is 20.4 Å². The number of amides is 1. The zero-order chi connectivity index (χ0) is 20.5. The number of fused-ring (bicyclic) bond motifs is 2. The van der Waals surface area contributed by atoms with Crippen molar-refractivity contribution in [2.24, 2.45) is 0 Å². The lowest BCUT2D eigenvalue weighted by molar-refractivity contribution is 0.0759. The average molecular weight is 403 g/mol. The molecule has 0 radical (unpaired) electrons. The van der Waals surface area contributed by atoms with Gasteiger partial charge in [-0.2, -0.15) is 5.10 Å². The summed E-state index contributed by atoms with van der Waals surface area (Å²) in [6, 6.07) is 16.0. The summed E-state index contributed by atoms with van der Waals surface area (Å²) in [6.45, 7) is 0.846. The molecule has 1 aliphatic rings. The molecule has 0 saturated heterocycles. The average Bonchev–Trinajstić information content (AvgIpc) is 3.19. The van der Waals surface area contributed by atoms with E-state index in [1.54, 1.807) is 29.1 Å². The monoisotopic (exact) mass is 403 g/mol. The van der Waals surface area contributed by atoms with Crippen molar-refractivity contribution in [3.05, 3.63) is 83.0 Å². The van der Waals surface area contributed by atoms with Gasteiger partial charge in [-0.3, -0.25) is 9.48 Å². The molecule has 0 bridgehead atoms. The standard InChI is InChI=1S/C22H17N3O5/c26-21(17-9-14-5-1-2-6-18(14)30-22(17)27)24-15-10-23-25(11-15)12-16-13-28-19-7-3-4-8-20(19)29-16/h1-11,16H,12-13H2,(H,24,26)/t16-/m1/s1. The number of ether oxygens (including phenoxy) is 2. The molecule has 2 aromatic carbocycles. The summed E-state index contributed by atoms with van der Waals surface area (Å²) in [6.07, 6.45) is 2.97. The Morgan fingerprint density at radius 1 is 1.13 bits per heavy atom. The van der Waals surface area contributed by atoms with Crippen LogP contribution in [-0.4, -0.2) is 28.4 Å². The quantitative estimate of drug-likeness (QED) is 0.526. The third-order valence-corrected chi connectivity index (χ3v) is 4.74. The van der Waals surface area contributed by atoms with Crippen molar-refractivity contribution in [1.82, 2.24) is 9.78 Å². The van der Waals surface area contributed by atoms with Gasteiger partial charge in [0.15, 0.2) is 17.6 Å². The highest BCUT2D eigenvalue weighted by Crippen LogP contribution is 2.31. The predicted molar refractivity (Wildman–Crippen MR) is 109 cm³/mol. The van der Waals surface area contributed by atoms with Gasteiger partial charge in [-0.1, -0.05) is 30.3 Å². The van der Waals surface area contributed by atoms with E-state index < -0.39 is 11.5 Å². The van der Waals surface area contributed by atoms with Crippen LogP contribution in [-0.2, 0) is 6.54 Å². The number of nitrogens with zero attached hydrogens (tertiary/aromatic N) is 2. The summed E-state index contributed by atoms with van der Waals surface area (Å²) in [4.78, 5) is 24.7. The molecule has 2 aromatic heterocycles. The maximum Gasteiger partial charge on any atom is 0.349 e. The summed E-state index contributed by atoms with van der Waals surface area (Å²) in [5, 5.41) is 7.61. The summed E-state index contributed by atoms with van der Waals surface area (Å²) in [5.41, 5.74) is 0.139. The molecule has 3 heterocycles. The van der Waals surface area contributed by atoms with Crippen molar-refractivity contribution in [3.63, 3.8) is 0 Å². The minimum atomic E-state index is -0.690. The van der Waals surface area contributed by atoms with E-state index >= 15 is 0 Å². The fourth-order valence-corrected chi connectivity index (χ4v) is 3.31. The number of anilines is 1. The first-order valence-corrected chi connectivity index (χ1v) is 9.41. The van der Waals surface area contributed by atoms with Crippen LogP contribution in [0.25, 0.3) is 11.0 Å². The first kappa shape index (κ1) is 18.0. The van der Waals surface area contributed by atoms with Crippen LogP contribution in [0.15, 0.2) is 76.2 Å². The Kier molecular flexibility index (Phi) is 4.44. The molecule has 0 saturated carbocycles. The van der Waals surface area contributed by atoms with Crippen LogP contribution in [0.4, 0.5) is 5.69 Å². The molecule has 8 heteroatoms. The van der Waals surface area contributed by atoms with Gasteiger partial charge in [-0.25, -0.2) is 4.79 Å². The summed E-state index contributed by atoms with van der Waals surface area (Å²) in [7, 11) is 0. The Morgan fingerprint density at radius 3 is 2.83 bits per heavy atom. The van der Waals surface area contributed by atoms with E-state index in [9.17, 15) is 9.59 Å². The van der Waals surface area contributed by atoms with Gasteiger partial charge in [-0.05, 0) is 24.3 Å². The van der Waals surface area contributed by atoms with Crippen molar-refractivity contribution in [2.45, 2.75) is 12.6 Å². The van der Waals surface area contributed by atoms with Crippen LogP contribution in [0.1, 0.15) is 10.4 Å². The largest absolute Gasteiger partial charge is 0.486 e. The number of aromatic nitrogens is 2. The lowest BCUT2D eigenvalue weighted by Crippen LogP contribution is -2.33. The molecular formula is C22H17N3O5. The van der Waals surface area contributed by atoms with Crippen LogP contribution in [0.5, 0.6) is 11.5 Å². The van der Waals surface area contributed by atoms with Crippen LogP contribution in [0, 0.1) is 0 Å². The van der Waals surface area contributed by atoms with Gasteiger partial charge in [-0.15, -0.1) is 0 Å². The molecule has 0 aliphatic carbocycles. The lowest BCUT2D eigenvalue weighted by Gasteiger charge is -2.26. The van der Waals surface area contributed by atoms with Gasteiger partial charge in [0.2, 0.25) is 0 Å². The first-order valence-electron chi connectivity index (χ1n) is 9.41. The van der Waals surface area contributed by atoms with Gasteiger partial charge >= 0.3 is 5.63 Å². The second-order valence-electron chi connectivity index (χ2n) is 6.89.